The van der Waals surface area contributed by atoms with E-state index in [9.17, 15) is 4.79 Å². The molecule has 0 saturated carbocycles. The van der Waals surface area contributed by atoms with E-state index in [2.05, 4.69) is 17.4 Å². The highest BCUT2D eigenvalue weighted by molar-refractivity contribution is 7.99. The van der Waals surface area contributed by atoms with Crippen LogP contribution in [-0.4, -0.2) is 6.09 Å². The number of amides is 1. The number of benzene rings is 3. The molecule has 5 heteroatoms. The number of fused-ring (bicyclic) bond motifs is 2. The van der Waals surface area contributed by atoms with Gasteiger partial charge in [0.2, 0.25) is 0 Å². The Bertz CT molecular complexity index is 946. The van der Waals surface area contributed by atoms with Crippen LogP contribution in [0.1, 0.15) is 17.2 Å². The summed E-state index contributed by atoms with van der Waals surface area (Å²) in [5.74, 6) is 0. The fourth-order valence-electron chi connectivity index (χ4n) is 2.97. The number of para-hydroxylation sites is 1. The van der Waals surface area contributed by atoms with Crippen LogP contribution in [0, 0.1) is 0 Å². The smallest absolute Gasteiger partial charge is 0.412 e. The van der Waals surface area contributed by atoms with Crippen LogP contribution in [0.5, 0.6) is 0 Å². The molecule has 1 amide bonds. The number of anilines is 1. The summed E-state index contributed by atoms with van der Waals surface area (Å²) >= 11 is 7.88. The van der Waals surface area contributed by atoms with Gasteiger partial charge in [-0.25, -0.2) is 4.79 Å². The van der Waals surface area contributed by atoms with E-state index in [0.29, 0.717) is 17.1 Å². The maximum Gasteiger partial charge on any atom is 0.412 e. The molecule has 26 heavy (non-hydrogen) atoms. The maximum absolute atomic E-state index is 12.4. The second kappa shape index (κ2) is 7.44. The predicted octanol–water partition coefficient (Wildman–Crippen LogP) is 6.34. The molecule has 1 N–H and O–H groups in total. The monoisotopic (exact) mass is 381 g/mol. The second-order valence-electron chi connectivity index (χ2n) is 5.98. The lowest BCUT2D eigenvalue weighted by molar-refractivity contribution is 0.109. The van der Waals surface area contributed by atoms with Gasteiger partial charge in [0.1, 0.15) is 6.10 Å². The number of carbonyl (C=O) groups is 1. The van der Waals surface area contributed by atoms with Gasteiger partial charge in [0.25, 0.3) is 0 Å². The van der Waals surface area contributed by atoms with Crippen molar-refractivity contribution >= 4 is 35.1 Å². The summed E-state index contributed by atoms with van der Waals surface area (Å²) < 4.78 is 5.79. The molecule has 130 valence electrons. The van der Waals surface area contributed by atoms with Crippen LogP contribution < -0.4 is 5.32 Å². The molecule has 3 nitrogen and oxygen atoms in total. The van der Waals surface area contributed by atoms with Crippen molar-refractivity contribution in [1.29, 1.82) is 0 Å². The first-order valence-corrected chi connectivity index (χ1v) is 9.46. The number of ether oxygens (including phenoxy) is 1. The van der Waals surface area contributed by atoms with Crippen molar-refractivity contribution in [3.05, 3.63) is 88.9 Å². The SMILES string of the molecule is O=C(Nc1ccccc1)O[C@@H]1Cc2ccccc2Sc2ccc(Cl)cc21. The minimum absolute atomic E-state index is 0.399. The van der Waals surface area contributed by atoms with Crippen molar-refractivity contribution in [1.82, 2.24) is 0 Å². The molecular weight excluding hydrogens is 366 g/mol. The zero-order chi connectivity index (χ0) is 17.9. The zero-order valence-corrected chi connectivity index (χ0v) is 15.4. The summed E-state index contributed by atoms with van der Waals surface area (Å²) in [4.78, 5) is 14.7. The van der Waals surface area contributed by atoms with Gasteiger partial charge < -0.3 is 4.74 Å². The Kier molecular flexibility index (Phi) is 4.87. The number of hydrogen-bond acceptors (Lipinski definition) is 3. The number of nitrogens with one attached hydrogen (secondary N) is 1. The minimum Gasteiger partial charge on any atom is -0.441 e. The van der Waals surface area contributed by atoms with Gasteiger partial charge in [0.15, 0.2) is 0 Å². The maximum atomic E-state index is 12.4. The van der Waals surface area contributed by atoms with E-state index in [1.54, 1.807) is 11.8 Å². The first-order chi connectivity index (χ1) is 12.7. The normalized spacial score (nSPS) is 15.3. The summed E-state index contributed by atoms with van der Waals surface area (Å²) in [7, 11) is 0. The highest BCUT2D eigenvalue weighted by atomic mass is 35.5. The average Bonchev–Trinajstić information content (AvgIpc) is 2.79. The molecule has 0 saturated heterocycles. The molecule has 0 unspecified atom stereocenters. The number of halogens is 1. The van der Waals surface area contributed by atoms with E-state index in [-0.39, 0.29) is 0 Å². The molecule has 4 rings (SSSR count). The summed E-state index contributed by atoms with van der Waals surface area (Å²) in [6, 6.07) is 23.2. The van der Waals surface area contributed by atoms with Crippen LogP contribution >= 0.6 is 23.4 Å². The Labute approximate surface area is 161 Å². The van der Waals surface area contributed by atoms with Crippen LogP contribution in [0.3, 0.4) is 0 Å². The van der Waals surface area contributed by atoms with E-state index in [1.165, 1.54) is 4.90 Å². The molecule has 0 aliphatic carbocycles. The molecule has 0 aromatic heterocycles. The molecule has 1 aliphatic heterocycles. The quantitative estimate of drug-likeness (QED) is 0.563. The third-order valence-corrected chi connectivity index (χ3v) is 5.63. The van der Waals surface area contributed by atoms with Crippen LogP contribution in [0.25, 0.3) is 0 Å². The largest absolute Gasteiger partial charge is 0.441 e. The molecule has 1 atom stereocenters. The molecule has 0 radical (unpaired) electrons. The van der Waals surface area contributed by atoms with Gasteiger partial charge in [-0.3, -0.25) is 5.32 Å². The number of rotatable bonds is 2. The van der Waals surface area contributed by atoms with Crippen LogP contribution in [0.4, 0.5) is 10.5 Å². The van der Waals surface area contributed by atoms with Gasteiger partial charge in [-0.1, -0.05) is 59.8 Å². The number of hydrogen-bond donors (Lipinski definition) is 1. The van der Waals surface area contributed by atoms with Crippen LogP contribution in [-0.2, 0) is 11.2 Å². The Morgan fingerprint density at radius 3 is 2.62 bits per heavy atom. The molecule has 0 fully saturated rings. The van der Waals surface area contributed by atoms with Crippen molar-refractivity contribution in [3.8, 4) is 0 Å². The standard InChI is InChI=1S/C21H16ClNO2S/c22-15-10-11-20-17(13-15)18(12-14-6-4-5-9-19(14)26-20)25-21(24)23-16-7-2-1-3-8-16/h1-11,13,18H,12H2,(H,23,24)/t18-/m1/s1. The highest BCUT2D eigenvalue weighted by Gasteiger charge is 2.26. The molecule has 3 aromatic carbocycles. The molecule has 1 aliphatic rings. The fraction of sp³-hybridized carbons (Fsp3) is 0.0952. The lowest BCUT2D eigenvalue weighted by Crippen LogP contribution is -2.19. The highest BCUT2D eigenvalue weighted by Crippen LogP contribution is 2.42. The van der Waals surface area contributed by atoms with Gasteiger partial charge in [0, 0.05) is 32.5 Å². The zero-order valence-electron chi connectivity index (χ0n) is 13.8. The van der Waals surface area contributed by atoms with Crippen LogP contribution in [0.2, 0.25) is 5.02 Å². The van der Waals surface area contributed by atoms with Gasteiger partial charge in [-0.05, 0) is 42.0 Å². The lowest BCUT2D eigenvalue weighted by Gasteiger charge is -2.19. The van der Waals surface area contributed by atoms with Gasteiger partial charge in [-0.2, -0.15) is 0 Å². The van der Waals surface area contributed by atoms with Crippen molar-refractivity contribution in [2.75, 3.05) is 5.32 Å². The summed E-state index contributed by atoms with van der Waals surface area (Å²) in [5, 5.41) is 3.41. The molecular formula is C21H16ClNO2S. The molecule has 3 aromatic rings. The Hall–Kier alpha value is -2.43. The van der Waals surface area contributed by atoms with E-state index in [1.807, 2.05) is 60.7 Å². The minimum atomic E-state index is -0.475. The molecule has 0 spiro atoms. The predicted molar refractivity (Wildman–Crippen MR) is 105 cm³/mol. The third-order valence-electron chi connectivity index (χ3n) is 4.19. The van der Waals surface area contributed by atoms with Crippen molar-refractivity contribution in [2.24, 2.45) is 0 Å². The Morgan fingerprint density at radius 2 is 1.77 bits per heavy atom. The Balaban J connectivity index is 1.63. The van der Waals surface area contributed by atoms with Crippen molar-refractivity contribution in [2.45, 2.75) is 22.3 Å². The van der Waals surface area contributed by atoms with E-state index < -0.39 is 12.2 Å². The fourth-order valence-corrected chi connectivity index (χ4v) is 4.26. The van der Waals surface area contributed by atoms with Crippen molar-refractivity contribution in [3.63, 3.8) is 0 Å². The topological polar surface area (TPSA) is 38.3 Å². The lowest BCUT2D eigenvalue weighted by atomic mass is 10.0. The summed E-state index contributed by atoms with van der Waals surface area (Å²) in [5.41, 5.74) is 2.79. The van der Waals surface area contributed by atoms with Gasteiger partial charge in [0.05, 0.1) is 0 Å². The van der Waals surface area contributed by atoms with E-state index >= 15 is 0 Å². The first-order valence-electron chi connectivity index (χ1n) is 8.27. The third kappa shape index (κ3) is 3.71. The van der Waals surface area contributed by atoms with Crippen molar-refractivity contribution < 1.29 is 9.53 Å². The average molecular weight is 382 g/mol. The van der Waals surface area contributed by atoms with E-state index in [0.717, 1.165) is 16.0 Å². The number of carbonyl (C=O) groups excluding carboxylic acids is 1. The summed E-state index contributed by atoms with van der Waals surface area (Å²) in [6.45, 7) is 0. The first kappa shape index (κ1) is 17.0. The van der Waals surface area contributed by atoms with Gasteiger partial charge in [-0.15, -0.1) is 0 Å². The van der Waals surface area contributed by atoms with Crippen LogP contribution in [0.15, 0.2) is 82.6 Å². The molecule has 0 bridgehead atoms. The summed E-state index contributed by atoms with van der Waals surface area (Å²) in [6.07, 6.45) is -0.265. The van der Waals surface area contributed by atoms with Gasteiger partial charge >= 0.3 is 6.09 Å². The second-order valence-corrected chi connectivity index (χ2v) is 7.50. The molecule has 1 heterocycles. The van der Waals surface area contributed by atoms with E-state index in [4.69, 9.17) is 16.3 Å². The Morgan fingerprint density at radius 1 is 1.00 bits per heavy atom.